The maximum Gasteiger partial charge on any atom is 0.277 e. The van der Waals surface area contributed by atoms with Gasteiger partial charge in [-0.25, -0.2) is 9.50 Å². The number of alkyl halides is 1. The standard InChI is InChI=1S/C19H21BrN4O3/c1-4-6-16-21-11(3)17-19(26)22-18(23-24(16)17)13-9-12(14(25)10-20)7-8-15(13)27-5-2/h7-9H,4-6,10H2,1-3H3,(H,22,23,26). The third-order valence-electron chi connectivity index (χ3n) is 4.19. The highest BCUT2D eigenvalue weighted by molar-refractivity contribution is 9.09. The number of carbonyl (C=O) groups is 1. The van der Waals surface area contributed by atoms with Gasteiger partial charge in [-0.15, -0.1) is 5.10 Å². The van der Waals surface area contributed by atoms with Crippen molar-refractivity contribution in [1.29, 1.82) is 0 Å². The lowest BCUT2D eigenvalue weighted by atomic mass is 10.1. The Labute approximate surface area is 164 Å². The largest absolute Gasteiger partial charge is 0.493 e. The number of aromatic nitrogens is 4. The van der Waals surface area contributed by atoms with Crippen LogP contribution in [-0.4, -0.2) is 37.3 Å². The zero-order valence-electron chi connectivity index (χ0n) is 15.5. The average Bonchev–Trinajstić information content (AvgIpc) is 2.98. The zero-order valence-corrected chi connectivity index (χ0v) is 17.1. The third-order valence-corrected chi connectivity index (χ3v) is 4.70. The van der Waals surface area contributed by atoms with Gasteiger partial charge in [0.15, 0.2) is 17.1 Å². The van der Waals surface area contributed by atoms with Crippen molar-refractivity contribution in [3.63, 3.8) is 0 Å². The number of H-pyrrole nitrogens is 1. The number of rotatable bonds is 7. The lowest BCUT2D eigenvalue weighted by molar-refractivity contribution is 0.102. The van der Waals surface area contributed by atoms with Crippen molar-refractivity contribution in [3.8, 4) is 17.1 Å². The number of nitrogens with one attached hydrogen (secondary N) is 1. The van der Waals surface area contributed by atoms with Gasteiger partial charge >= 0.3 is 0 Å². The van der Waals surface area contributed by atoms with Crippen molar-refractivity contribution in [1.82, 2.24) is 19.6 Å². The second-order valence-electron chi connectivity index (χ2n) is 6.13. The van der Waals surface area contributed by atoms with Crippen LogP contribution in [0, 0.1) is 6.92 Å². The molecule has 0 unspecified atom stereocenters. The molecule has 3 aromatic rings. The molecule has 1 N–H and O–H groups in total. The number of fused-ring (bicyclic) bond motifs is 1. The van der Waals surface area contributed by atoms with E-state index < -0.39 is 0 Å². The number of aromatic amines is 1. The van der Waals surface area contributed by atoms with E-state index in [1.54, 1.807) is 29.6 Å². The quantitative estimate of drug-likeness (QED) is 0.456. The molecule has 0 aliphatic carbocycles. The van der Waals surface area contributed by atoms with Gasteiger partial charge in [0.1, 0.15) is 11.6 Å². The molecule has 27 heavy (non-hydrogen) atoms. The number of Topliss-reactive ketones (excluding diaryl/α,β-unsaturated/α-hetero) is 1. The molecule has 2 heterocycles. The SMILES string of the molecule is CCCc1nc(C)c2c(=O)[nH]c(-c3cc(C(=O)CBr)ccc3OCC)nn12. The summed E-state index contributed by atoms with van der Waals surface area (Å²) in [6, 6.07) is 5.13. The molecule has 0 spiro atoms. The molecule has 7 nitrogen and oxygen atoms in total. The molecule has 0 aliphatic rings. The number of aryl methyl sites for hydroxylation is 2. The highest BCUT2D eigenvalue weighted by Crippen LogP contribution is 2.29. The highest BCUT2D eigenvalue weighted by atomic mass is 79.9. The van der Waals surface area contributed by atoms with E-state index in [0.29, 0.717) is 46.9 Å². The summed E-state index contributed by atoms with van der Waals surface area (Å²) in [5.41, 5.74) is 1.90. The van der Waals surface area contributed by atoms with E-state index in [1.807, 2.05) is 13.8 Å². The normalized spacial score (nSPS) is 11.1. The van der Waals surface area contributed by atoms with Crippen LogP contribution in [0.4, 0.5) is 0 Å². The summed E-state index contributed by atoms with van der Waals surface area (Å²) in [5, 5.41) is 4.82. The van der Waals surface area contributed by atoms with Crippen LogP contribution in [-0.2, 0) is 6.42 Å². The summed E-state index contributed by atoms with van der Waals surface area (Å²) in [4.78, 5) is 32.1. The first-order valence-corrected chi connectivity index (χ1v) is 9.97. The number of halogens is 1. The zero-order chi connectivity index (χ0) is 19.6. The topological polar surface area (TPSA) is 89.3 Å². The van der Waals surface area contributed by atoms with Crippen molar-refractivity contribution in [2.45, 2.75) is 33.6 Å². The van der Waals surface area contributed by atoms with Gasteiger partial charge < -0.3 is 9.72 Å². The average molecular weight is 433 g/mol. The minimum atomic E-state index is -0.271. The molecular formula is C19H21BrN4O3. The lowest BCUT2D eigenvalue weighted by Crippen LogP contribution is -2.16. The second-order valence-corrected chi connectivity index (χ2v) is 6.69. The Morgan fingerprint density at radius 2 is 2.11 bits per heavy atom. The van der Waals surface area contributed by atoms with Crippen LogP contribution in [0.5, 0.6) is 5.75 Å². The number of ether oxygens (including phenoxy) is 1. The molecule has 0 aliphatic heterocycles. The first-order chi connectivity index (χ1) is 13.0. The number of nitrogens with zero attached hydrogens (tertiary/aromatic N) is 3. The molecule has 0 fully saturated rings. The van der Waals surface area contributed by atoms with Crippen molar-refractivity contribution < 1.29 is 9.53 Å². The van der Waals surface area contributed by atoms with Crippen molar-refractivity contribution >= 4 is 27.2 Å². The minimum absolute atomic E-state index is 0.0622. The van der Waals surface area contributed by atoms with Crippen LogP contribution in [0.3, 0.4) is 0 Å². The van der Waals surface area contributed by atoms with Gasteiger partial charge in [0.2, 0.25) is 0 Å². The molecule has 2 aromatic heterocycles. The highest BCUT2D eigenvalue weighted by Gasteiger charge is 2.18. The maximum atomic E-state index is 12.7. The predicted molar refractivity (Wildman–Crippen MR) is 107 cm³/mol. The molecule has 1 aromatic carbocycles. The Morgan fingerprint density at radius 1 is 1.33 bits per heavy atom. The molecule has 0 bridgehead atoms. The monoisotopic (exact) mass is 432 g/mol. The van der Waals surface area contributed by atoms with Gasteiger partial charge in [-0.3, -0.25) is 9.59 Å². The van der Waals surface area contributed by atoms with Gasteiger partial charge in [-0.2, -0.15) is 0 Å². The van der Waals surface area contributed by atoms with Crippen LogP contribution in [0.2, 0.25) is 0 Å². The number of carbonyl (C=O) groups excluding carboxylic acids is 1. The van der Waals surface area contributed by atoms with Gasteiger partial charge in [-0.1, -0.05) is 22.9 Å². The molecule has 0 amide bonds. The van der Waals surface area contributed by atoms with E-state index >= 15 is 0 Å². The van der Waals surface area contributed by atoms with E-state index in [-0.39, 0.29) is 16.7 Å². The van der Waals surface area contributed by atoms with Gasteiger partial charge in [0, 0.05) is 12.0 Å². The summed E-state index contributed by atoms with van der Waals surface area (Å²) in [5.74, 6) is 1.57. The van der Waals surface area contributed by atoms with Crippen LogP contribution < -0.4 is 10.3 Å². The van der Waals surface area contributed by atoms with Crippen molar-refractivity contribution in [2.75, 3.05) is 11.9 Å². The second kappa shape index (κ2) is 8.04. The summed E-state index contributed by atoms with van der Waals surface area (Å²) in [6.07, 6.45) is 1.60. The van der Waals surface area contributed by atoms with E-state index in [0.717, 1.165) is 12.2 Å². The van der Waals surface area contributed by atoms with Gasteiger partial charge in [-0.05, 0) is 38.5 Å². The van der Waals surface area contributed by atoms with E-state index in [9.17, 15) is 9.59 Å². The summed E-state index contributed by atoms with van der Waals surface area (Å²) >= 11 is 3.19. The van der Waals surface area contributed by atoms with Crippen LogP contribution in [0.1, 0.15) is 42.1 Å². The molecule has 0 saturated heterocycles. The molecule has 8 heteroatoms. The fourth-order valence-corrected chi connectivity index (χ4v) is 3.31. The number of benzene rings is 1. The van der Waals surface area contributed by atoms with Crippen LogP contribution in [0.15, 0.2) is 23.0 Å². The Balaban J connectivity index is 2.26. The van der Waals surface area contributed by atoms with Crippen molar-refractivity contribution in [3.05, 3.63) is 45.6 Å². The summed E-state index contributed by atoms with van der Waals surface area (Å²) in [6.45, 7) is 6.18. The van der Waals surface area contributed by atoms with Gasteiger partial charge in [0.05, 0.1) is 23.2 Å². The van der Waals surface area contributed by atoms with Crippen LogP contribution >= 0.6 is 15.9 Å². The Morgan fingerprint density at radius 3 is 2.78 bits per heavy atom. The predicted octanol–water partition coefficient (Wildman–Crippen LogP) is 3.32. The number of hydrogen-bond acceptors (Lipinski definition) is 5. The molecule has 0 atom stereocenters. The Bertz CT molecular complexity index is 1060. The first-order valence-electron chi connectivity index (χ1n) is 8.85. The van der Waals surface area contributed by atoms with Crippen molar-refractivity contribution in [2.24, 2.45) is 0 Å². The van der Waals surface area contributed by atoms with E-state index in [1.165, 1.54) is 0 Å². The van der Waals surface area contributed by atoms with Crippen LogP contribution in [0.25, 0.3) is 16.9 Å². The Kier molecular flexibility index (Phi) is 5.74. The maximum absolute atomic E-state index is 12.7. The smallest absolute Gasteiger partial charge is 0.277 e. The molecule has 0 radical (unpaired) electrons. The lowest BCUT2D eigenvalue weighted by Gasteiger charge is -2.11. The molecule has 3 rings (SSSR count). The molecular weight excluding hydrogens is 412 g/mol. The van der Waals surface area contributed by atoms with Gasteiger partial charge in [0.25, 0.3) is 5.56 Å². The number of hydrogen-bond donors (Lipinski definition) is 1. The fraction of sp³-hybridized carbons (Fsp3) is 0.368. The molecule has 0 saturated carbocycles. The fourth-order valence-electron chi connectivity index (χ4n) is 2.99. The molecule has 142 valence electrons. The minimum Gasteiger partial charge on any atom is -0.493 e. The first kappa shape index (κ1) is 19.3. The number of ketones is 1. The third kappa shape index (κ3) is 3.66. The van der Waals surface area contributed by atoms with E-state index in [2.05, 4.69) is 31.0 Å². The summed E-state index contributed by atoms with van der Waals surface area (Å²) < 4.78 is 7.28. The number of imidazole rings is 1. The van der Waals surface area contributed by atoms with E-state index in [4.69, 9.17) is 4.74 Å². The summed E-state index contributed by atoms with van der Waals surface area (Å²) in [7, 11) is 0. The Hall–Kier alpha value is -2.48.